The maximum Gasteiger partial charge on any atom is 0.0508 e. The van der Waals surface area contributed by atoms with Gasteiger partial charge < -0.3 is 0 Å². The summed E-state index contributed by atoms with van der Waals surface area (Å²) in [4.78, 5) is 0. The van der Waals surface area contributed by atoms with E-state index in [1.807, 2.05) is 11.8 Å². The Kier molecular flexibility index (Phi) is 2.91. The van der Waals surface area contributed by atoms with Gasteiger partial charge in [0.15, 0.2) is 0 Å². The van der Waals surface area contributed by atoms with Gasteiger partial charge in [0.05, 0.1) is 5.37 Å². The fourth-order valence-corrected chi connectivity index (χ4v) is 2.71. The Bertz CT molecular complexity index is 260. The molecule has 1 saturated heterocycles. The second-order valence-corrected chi connectivity index (χ2v) is 4.88. The van der Waals surface area contributed by atoms with Gasteiger partial charge in [-0.25, -0.2) is 0 Å². The van der Waals surface area contributed by atoms with Crippen LogP contribution in [0.3, 0.4) is 0 Å². The quantitative estimate of drug-likeness (QED) is 0.736. The summed E-state index contributed by atoms with van der Waals surface area (Å²) in [7, 11) is 0. The first-order valence-corrected chi connectivity index (χ1v) is 5.84. The first kappa shape index (κ1) is 9.10. The van der Waals surface area contributed by atoms with Crippen molar-refractivity contribution in [3.8, 4) is 0 Å². The van der Waals surface area contributed by atoms with Crippen LogP contribution in [0, 0.1) is 0 Å². The molecule has 0 amide bonds. The van der Waals surface area contributed by atoms with E-state index in [0.717, 1.165) is 0 Å². The molecule has 1 nitrogen and oxygen atoms in total. The monoisotopic (exact) mass is 193 g/mol. The zero-order valence-corrected chi connectivity index (χ0v) is 8.68. The van der Waals surface area contributed by atoms with E-state index >= 15 is 0 Å². The van der Waals surface area contributed by atoms with E-state index in [2.05, 4.69) is 42.6 Å². The van der Waals surface area contributed by atoms with Crippen molar-refractivity contribution in [2.75, 3.05) is 5.75 Å². The molecule has 0 aliphatic carbocycles. The van der Waals surface area contributed by atoms with E-state index in [9.17, 15) is 0 Å². The SMILES string of the molecule is CC1NC(c2ccccc2)CCS1. The molecule has 1 heterocycles. The summed E-state index contributed by atoms with van der Waals surface area (Å²) in [5.41, 5.74) is 1.43. The maximum atomic E-state index is 3.60. The van der Waals surface area contributed by atoms with Crippen LogP contribution in [0.25, 0.3) is 0 Å². The van der Waals surface area contributed by atoms with Crippen molar-refractivity contribution in [3.63, 3.8) is 0 Å². The molecule has 0 aromatic heterocycles. The second-order valence-electron chi connectivity index (χ2n) is 3.43. The molecular weight excluding hydrogens is 178 g/mol. The Balaban J connectivity index is 2.08. The fourth-order valence-electron chi connectivity index (χ4n) is 1.73. The van der Waals surface area contributed by atoms with Crippen LogP contribution in [0.1, 0.15) is 24.9 Å². The largest absolute Gasteiger partial charge is 0.299 e. The highest BCUT2D eigenvalue weighted by Crippen LogP contribution is 2.27. The van der Waals surface area contributed by atoms with E-state index in [1.54, 1.807) is 0 Å². The third-order valence-electron chi connectivity index (χ3n) is 2.41. The molecule has 0 saturated carbocycles. The lowest BCUT2D eigenvalue weighted by molar-refractivity contribution is 0.504. The van der Waals surface area contributed by atoms with Crippen molar-refractivity contribution < 1.29 is 0 Å². The van der Waals surface area contributed by atoms with Gasteiger partial charge in [0.1, 0.15) is 0 Å². The highest BCUT2D eigenvalue weighted by molar-refractivity contribution is 7.99. The smallest absolute Gasteiger partial charge is 0.0508 e. The Labute approximate surface area is 83.9 Å². The molecular formula is C11H15NS. The van der Waals surface area contributed by atoms with Crippen molar-refractivity contribution in [1.29, 1.82) is 0 Å². The minimum atomic E-state index is 0.567. The molecule has 2 unspecified atom stereocenters. The van der Waals surface area contributed by atoms with Gasteiger partial charge >= 0.3 is 0 Å². The maximum absolute atomic E-state index is 3.60. The predicted molar refractivity (Wildman–Crippen MR) is 58.9 cm³/mol. The molecule has 1 fully saturated rings. The molecule has 1 aromatic rings. The summed E-state index contributed by atoms with van der Waals surface area (Å²) in [6.45, 7) is 2.24. The number of thioether (sulfide) groups is 1. The Morgan fingerprint density at radius 2 is 2.08 bits per heavy atom. The number of hydrogen-bond donors (Lipinski definition) is 1. The van der Waals surface area contributed by atoms with Crippen molar-refractivity contribution in [3.05, 3.63) is 35.9 Å². The van der Waals surface area contributed by atoms with Crippen molar-refractivity contribution in [2.45, 2.75) is 24.8 Å². The Morgan fingerprint density at radius 3 is 2.77 bits per heavy atom. The third kappa shape index (κ3) is 2.26. The fraction of sp³-hybridized carbons (Fsp3) is 0.455. The molecule has 70 valence electrons. The summed E-state index contributed by atoms with van der Waals surface area (Å²) in [6, 6.07) is 11.3. The van der Waals surface area contributed by atoms with Gasteiger partial charge in [-0.1, -0.05) is 30.3 Å². The highest BCUT2D eigenvalue weighted by atomic mass is 32.2. The molecule has 1 aromatic carbocycles. The van der Waals surface area contributed by atoms with Gasteiger partial charge in [0.2, 0.25) is 0 Å². The normalized spacial score (nSPS) is 28.7. The standard InChI is InChI=1S/C11H15NS/c1-9-12-11(7-8-13-9)10-5-3-2-4-6-10/h2-6,9,11-12H,7-8H2,1H3. The summed E-state index contributed by atoms with van der Waals surface area (Å²) >= 11 is 2.01. The summed E-state index contributed by atoms with van der Waals surface area (Å²) in [6.07, 6.45) is 1.25. The van der Waals surface area contributed by atoms with Gasteiger partial charge in [0, 0.05) is 6.04 Å². The van der Waals surface area contributed by atoms with Gasteiger partial charge in [-0.05, 0) is 24.7 Å². The van der Waals surface area contributed by atoms with E-state index in [-0.39, 0.29) is 0 Å². The van der Waals surface area contributed by atoms with Crippen LogP contribution in [-0.2, 0) is 0 Å². The summed E-state index contributed by atoms with van der Waals surface area (Å²) in [5, 5.41) is 4.19. The third-order valence-corrected chi connectivity index (χ3v) is 3.52. The molecule has 1 aliphatic heterocycles. The first-order valence-electron chi connectivity index (χ1n) is 4.79. The van der Waals surface area contributed by atoms with Crippen molar-refractivity contribution >= 4 is 11.8 Å². The van der Waals surface area contributed by atoms with Crippen LogP contribution in [0.15, 0.2) is 30.3 Å². The number of rotatable bonds is 1. The van der Waals surface area contributed by atoms with Crippen LogP contribution >= 0.6 is 11.8 Å². The predicted octanol–water partition coefficient (Wildman–Crippen LogP) is 2.80. The molecule has 0 radical (unpaired) electrons. The lowest BCUT2D eigenvalue weighted by atomic mass is 10.0. The molecule has 0 spiro atoms. The Morgan fingerprint density at radius 1 is 1.31 bits per heavy atom. The van der Waals surface area contributed by atoms with Crippen molar-refractivity contribution in [2.24, 2.45) is 0 Å². The van der Waals surface area contributed by atoms with E-state index in [1.165, 1.54) is 17.7 Å². The number of hydrogen-bond acceptors (Lipinski definition) is 2. The summed E-state index contributed by atoms with van der Waals surface area (Å²) < 4.78 is 0. The van der Waals surface area contributed by atoms with Gasteiger partial charge in [-0.3, -0.25) is 5.32 Å². The number of nitrogens with one attached hydrogen (secondary N) is 1. The molecule has 2 heteroatoms. The van der Waals surface area contributed by atoms with Crippen LogP contribution in [0.2, 0.25) is 0 Å². The topological polar surface area (TPSA) is 12.0 Å². The van der Waals surface area contributed by atoms with Gasteiger partial charge in [0.25, 0.3) is 0 Å². The molecule has 1 aliphatic rings. The second kappa shape index (κ2) is 4.16. The van der Waals surface area contributed by atoms with Crippen molar-refractivity contribution in [1.82, 2.24) is 5.32 Å². The lowest BCUT2D eigenvalue weighted by Crippen LogP contribution is -2.32. The van der Waals surface area contributed by atoms with Gasteiger partial charge in [-0.15, -0.1) is 11.8 Å². The first-order chi connectivity index (χ1) is 6.36. The minimum absolute atomic E-state index is 0.567. The number of benzene rings is 1. The van der Waals surface area contributed by atoms with E-state index < -0.39 is 0 Å². The van der Waals surface area contributed by atoms with Gasteiger partial charge in [-0.2, -0.15) is 0 Å². The van der Waals surface area contributed by atoms with Crippen LogP contribution in [-0.4, -0.2) is 11.1 Å². The highest BCUT2D eigenvalue weighted by Gasteiger charge is 2.18. The molecule has 13 heavy (non-hydrogen) atoms. The van der Waals surface area contributed by atoms with Crippen LogP contribution in [0.4, 0.5) is 0 Å². The molecule has 2 atom stereocenters. The van der Waals surface area contributed by atoms with E-state index in [0.29, 0.717) is 11.4 Å². The Hall–Kier alpha value is -0.470. The van der Waals surface area contributed by atoms with Crippen LogP contribution in [0.5, 0.6) is 0 Å². The zero-order chi connectivity index (χ0) is 9.10. The average Bonchev–Trinajstić information content (AvgIpc) is 2.19. The van der Waals surface area contributed by atoms with Crippen LogP contribution < -0.4 is 5.32 Å². The van der Waals surface area contributed by atoms with E-state index in [4.69, 9.17) is 0 Å². The molecule has 0 bridgehead atoms. The molecule has 2 rings (SSSR count). The average molecular weight is 193 g/mol. The zero-order valence-electron chi connectivity index (χ0n) is 7.86. The molecule has 1 N–H and O–H groups in total. The lowest BCUT2D eigenvalue weighted by Gasteiger charge is -2.28. The minimum Gasteiger partial charge on any atom is -0.299 e. The summed E-state index contributed by atoms with van der Waals surface area (Å²) in [5.74, 6) is 1.27.